The van der Waals surface area contributed by atoms with Crippen molar-refractivity contribution in [2.24, 2.45) is 0 Å². The standard InChI is InChI=1S/C12H17ClFN3/c1-17-5-4-15-7-10(17)8-16-9-2-3-12(14)11(13)6-9/h2-3,6,10,15-16H,4-5,7-8H2,1H3. The number of piperazine rings is 1. The summed E-state index contributed by atoms with van der Waals surface area (Å²) in [5, 5.41) is 6.79. The third kappa shape index (κ3) is 3.31. The van der Waals surface area contributed by atoms with Gasteiger partial charge in [0.2, 0.25) is 0 Å². The van der Waals surface area contributed by atoms with Gasteiger partial charge in [-0.15, -0.1) is 0 Å². The minimum atomic E-state index is -0.381. The van der Waals surface area contributed by atoms with Crippen LogP contribution in [-0.2, 0) is 0 Å². The van der Waals surface area contributed by atoms with Gasteiger partial charge >= 0.3 is 0 Å². The molecule has 94 valence electrons. The Morgan fingerprint density at radius 2 is 2.41 bits per heavy atom. The molecule has 0 saturated carbocycles. The van der Waals surface area contributed by atoms with Gasteiger partial charge in [-0.2, -0.15) is 0 Å². The van der Waals surface area contributed by atoms with E-state index in [0.717, 1.165) is 31.9 Å². The predicted molar refractivity (Wildman–Crippen MR) is 69.2 cm³/mol. The van der Waals surface area contributed by atoms with Crippen LogP contribution in [0.2, 0.25) is 5.02 Å². The highest BCUT2D eigenvalue weighted by Crippen LogP contribution is 2.19. The van der Waals surface area contributed by atoms with Crippen molar-refractivity contribution in [2.75, 3.05) is 38.5 Å². The second-order valence-electron chi connectivity index (χ2n) is 4.35. The molecule has 0 aromatic heterocycles. The molecule has 1 aromatic carbocycles. The van der Waals surface area contributed by atoms with Crippen molar-refractivity contribution in [3.8, 4) is 0 Å². The van der Waals surface area contributed by atoms with Crippen LogP contribution < -0.4 is 10.6 Å². The van der Waals surface area contributed by atoms with Gasteiger partial charge in [-0.05, 0) is 25.2 Å². The van der Waals surface area contributed by atoms with Crippen LogP contribution in [0.5, 0.6) is 0 Å². The van der Waals surface area contributed by atoms with E-state index in [0.29, 0.717) is 6.04 Å². The topological polar surface area (TPSA) is 27.3 Å². The van der Waals surface area contributed by atoms with Crippen molar-refractivity contribution in [3.63, 3.8) is 0 Å². The Bertz CT molecular complexity index is 386. The molecule has 1 unspecified atom stereocenters. The number of rotatable bonds is 3. The van der Waals surface area contributed by atoms with Crippen LogP contribution in [0.1, 0.15) is 0 Å². The fourth-order valence-electron chi connectivity index (χ4n) is 1.93. The van der Waals surface area contributed by atoms with Gasteiger partial charge in [0.15, 0.2) is 0 Å². The second-order valence-corrected chi connectivity index (χ2v) is 4.76. The summed E-state index contributed by atoms with van der Waals surface area (Å²) >= 11 is 5.73. The van der Waals surface area contributed by atoms with E-state index in [1.807, 2.05) is 0 Å². The van der Waals surface area contributed by atoms with Crippen molar-refractivity contribution in [1.29, 1.82) is 0 Å². The van der Waals surface area contributed by atoms with E-state index in [-0.39, 0.29) is 10.8 Å². The Labute approximate surface area is 106 Å². The minimum absolute atomic E-state index is 0.158. The van der Waals surface area contributed by atoms with Crippen LogP contribution in [-0.4, -0.2) is 44.2 Å². The fourth-order valence-corrected chi connectivity index (χ4v) is 2.11. The first-order chi connectivity index (χ1) is 8.16. The highest BCUT2D eigenvalue weighted by molar-refractivity contribution is 6.31. The van der Waals surface area contributed by atoms with Crippen LogP contribution in [0.3, 0.4) is 0 Å². The molecule has 0 amide bonds. The molecule has 1 heterocycles. The molecule has 0 radical (unpaired) electrons. The Morgan fingerprint density at radius 3 is 3.12 bits per heavy atom. The van der Waals surface area contributed by atoms with E-state index in [9.17, 15) is 4.39 Å². The van der Waals surface area contributed by atoms with E-state index in [2.05, 4.69) is 22.6 Å². The molecule has 5 heteroatoms. The summed E-state index contributed by atoms with van der Waals surface area (Å²) in [6.07, 6.45) is 0. The number of hydrogen-bond donors (Lipinski definition) is 2. The molecule has 1 saturated heterocycles. The van der Waals surface area contributed by atoms with Crippen molar-refractivity contribution in [1.82, 2.24) is 10.2 Å². The van der Waals surface area contributed by atoms with E-state index in [1.54, 1.807) is 12.1 Å². The summed E-state index contributed by atoms with van der Waals surface area (Å²) in [6, 6.07) is 5.16. The number of hydrogen-bond acceptors (Lipinski definition) is 3. The van der Waals surface area contributed by atoms with Gasteiger partial charge in [0.1, 0.15) is 5.82 Å². The minimum Gasteiger partial charge on any atom is -0.383 e. The van der Waals surface area contributed by atoms with Crippen LogP contribution in [0.25, 0.3) is 0 Å². The predicted octanol–water partition coefficient (Wildman–Crippen LogP) is 1.79. The van der Waals surface area contributed by atoms with Gasteiger partial charge in [0.05, 0.1) is 5.02 Å². The molecule has 0 spiro atoms. The number of nitrogens with one attached hydrogen (secondary N) is 2. The van der Waals surface area contributed by atoms with Gasteiger partial charge in [-0.1, -0.05) is 11.6 Å². The number of halogens is 2. The number of benzene rings is 1. The Morgan fingerprint density at radius 1 is 1.59 bits per heavy atom. The monoisotopic (exact) mass is 257 g/mol. The average molecular weight is 258 g/mol. The summed E-state index contributed by atoms with van der Waals surface area (Å²) in [5.74, 6) is -0.381. The molecule has 2 rings (SSSR count). The number of anilines is 1. The van der Waals surface area contributed by atoms with Gasteiger partial charge in [-0.3, -0.25) is 4.90 Å². The summed E-state index contributed by atoms with van der Waals surface area (Å²) in [6.45, 7) is 3.88. The lowest BCUT2D eigenvalue weighted by atomic mass is 10.2. The first-order valence-corrected chi connectivity index (χ1v) is 6.14. The van der Waals surface area contributed by atoms with Crippen LogP contribution in [0.4, 0.5) is 10.1 Å². The normalized spacial score (nSPS) is 21.5. The lowest BCUT2D eigenvalue weighted by molar-refractivity contribution is 0.209. The molecule has 3 nitrogen and oxygen atoms in total. The first kappa shape index (κ1) is 12.6. The third-order valence-electron chi connectivity index (χ3n) is 3.11. The lowest BCUT2D eigenvalue weighted by Gasteiger charge is -2.33. The quantitative estimate of drug-likeness (QED) is 0.865. The molecule has 1 fully saturated rings. The van der Waals surface area contributed by atoms with Crippen molar-refractivity contribution >= 4 is 17.3 Å². The largest absolute Gasteiger partial charge is 0.383 e. The number of nitrogens with zero attached hydrogens (tertiary/aromatic N) is 1. The lowest BCUT2D eigenvalue weighted by Crippen LogP contribution is -2.52. The number of likely N-dealkylation sites (N-methyl/N-ethyl adjacent to an activating group) is 1. The molecule has 0 bridgehead atoms. The smallest absolute Gasteiger partial charge is 0.141 e. The van der Waals surface area contributed by atoms with Gasteiger partial charge in [0.25, 0.3) is 0 Å². The van der Waals surface area contributed by atoms with Gasteiger partial charge < -0.3 is 10.6 Å². The Kier molecular flexibility index (Phi) is 4.20. The highest BCUT2D eigenvalue weighted by atomic mass is 35.5. The summed E-state index contributed by atoms with van der Waals surface area (Å²) < 4.78 is 13.0. The van der Waals surface area contributed by atoms with E-state index < -0.39 is 0 Å². The molecule has 17 heavy (non-hydrogen) atoms. The van der Waals surface area contributed by atoms with Gasteiger partial charge in [0, 0.05) is 37.9 Å². The SMILES string of the molecule is CN1CCNCC1CNc1ccc(F)c(Cl)c1. The van der Waals surface area contributed by atoms with Gasteiger partial charge in [-0.25, -0.2) is 4.39 Å². The maximum atomic E-state index is 13.0. The first-order valence-electron chi connectivity index (χ1n) is 5.76. The molecule has 1 aromatic rings. The highest BCUT2D eigenvalue weighted by Gasteiger charge is 2.17. The maximum absolute atomic E-state index is 13.0. The third-order valence-corrected chi connectivity index (χ3v) is 3.40. The summed E-state index contributed by atoms with van der Waals surface area (Å²) in [4.78, 5) is 2.31. The zero-order valence-corrected chi connectivity index (χ0v) is 10.6. The van der Waals surface area contributed by atoms with E-state index >= 15 is 0 Å². The fraction of sp³-hybridized carbons (Fsp3) is 0.500. The molecular weight excluding hydrogens is 241 g/mol. The zero-order chi connectivity index (χ0) is 12.3. The average Bonchev–Trinajstić information content (AvgIpc) is 2.32. The molecule has 1 aliphatic heterocycles. The molecule has 0 aliphatic carbocycles. The Hall–Kier alpha value is -0.840. The molecule has 2 N–H and O–H groups in total. The van der Waals surface area contributed by atoms with Crippen LogP contribution in [0.15, 0.2) is 18.2 Å². The zero-order valence-electron chi connectivity index (χ0n) is 9.84. The molecular formula is C12H17ClFN3. The van der Waals surface area contributed by atoms with E-state index in [1.165, 1.54) is 6.07 Å². The van der Waals surface area contributed by atoms with E-state index in [4.69, 9.17) is 11.6 Å². The van der Waals surface area contributed by atoms with Crippen LogP contribution >= 0.6 is 11.6 Å². The molecule has 1 atom stereocenters. The maximum Gasteiger partial charge on any atom is 0.141 e. The van der Waals surface area contributed by atoms with Crippen molar-refractivity contribution < 1.29 is 4.39 Å². The summed E-state index contributed by atoms with van der Waals surface area (Å²) in [7, 11) is 2.12. The molecule has 1 aliphatic rings. The summed E-state index contributed by atoms with van der Waals surface area (Å²) in [5.41, 5.74) is 0.857. The van der Waals surface area contributed by atoms with Crippen molar-refractivity contribution in [3.05, 3.63) is 29.0 Å². The van der Waals surface area contributed by atoms with Crippen LogP contribution in [0, 0.1) is 5.82 Å². The second kappa shape index (κ2) is 5.67. The Balaban J connectivity index is 1.90. The van der Waals surface area contributed by atoms with Crippen molar-refractivity contribution in [2.45, 2.75) is 6.04 Å².